The van der Waals surface area contributed by atoms with E-state index in [0.29, 0.717) is 11.5 Å². The summed E-state index contributed by atoms with van der Waals surface area (Å²) in [7, 11) is 4.89. The van der Waals surface area contributed by atoms with Gasteiger partial charge in [0, 0.05) is 18.1 Å². The molecule has 6 heteroatoms. The third-order valence-electron chi connectivity index (χ3n) is 4.02. The van der Waals surface area contributed by atoms with Crippen LogP contribution in [-0.2, 0) is 6.42 Å². The van der Waals surface area contributed by atoms with Crippen molar-refractivity contribution in [3.05, 3.63) is 48.3 Å². The minimum absolute atomic E-state index is 0.663. The SMILES string of the molecule is CCc1nnc(-c2ccc(OC)cc2)n1-c1ccc(OC)c(OC)c1. The van der Waals surface area contributed by atoms with E-state index in [0.717, 1.165) is 35.1 Å². The number of methoxy groups -OCH3 is 3. The molecule has 25 heavy (non-hydrogen) atoms. The summed E-state index contributed by atoms with van der Waals surface area (Å²) in [5.74, 6) is 3.79. The lowest BCUT2D eigenvalue weighted by Crippen LogP contribution is -2.03. The van der Waals surface area contributed by atoms with E-state index in [1.807, 2.05) is 47.0 Å². The van der Waals surface area contributed by atoms with Gasteiger partial charge < -0.3 is 14.2 Å². The number of aromatic nitrogens is 3. The predicted octanol–water partition coefficient (Wildman–Crippen LogP) is 3.52. The van der Waals surface area contributed by atoms with Crippen LogP contribution in [0.25, 0.3) is 17.1 Å². The third-order valence-corrected chi connectivity index (χ3v) is 4.02. The van der Waals surface area contributed by atoms with Crippen molar-refractivity contribution >= 4 is 0 Å². The minimum atomic E-state index is 0.663. The first-order valence-electron chi connectivity index (χ1n) is 8.03. The topological polar surface area (TPSA) is 58.4 Å². The van der Waals surface area contributed by atoms with Gasteiger partial charge in [0.2, 0.25) is 0 Å². The lowest BCUT2D eigenvalue weighted by Gasteiger charge is -2.13. The summed E-state index contributed by atoms with van der Waals surface area (Å²) in [5, 5.41) is 8.72. The van der Waals surface area contributed by atoms with Crippen LogP contribution in [0.5, 0.6) is 17.2 Å². The number of benzene rings is 2. The van der Waals surface area contributed by atoms with Gasteiger partial charge in [-0.2, -0.15) is 0 Å². The van der Waals surface area contributed by atoms with Gasteiger partial charge in [0.05, 0.1) is 27.0 Å². The van der Waals surface area contributed by atoms with E-state index in [9.17, 15) is 0 Å². The molecule has 0 unspecified atom stereocenters. The Morgan fingerprint density at radius 1 is 0.840 bits per heavy atom. The Balaban J connectivity index is 2.13. The molecule has 0 aliphatic carbocycles. The predicted molar refractivity (Wildman–Crippen MR) is 95.8 cm³/mol. The fourth-order valence-corrected chi connectivity index (χ4v) is 2.71. The second-order valence-electron chi connectivity index (χ2n) is 5.40. The van der Waals surface area contributed by atoms with Crippen molar-refractivity contribution in [1.29, 1.82) is 0 Å². The van der Waals surface area contributed by atoms with Gasteiger partial charge in [0.15, 0.2) is 17.3 Å². The Kier molecular flexibility index (Phi) is 4.88. The zero-order valence-corrected chi connectivity index (χ0v) is 14.8. The number of hydrogen-bond donors (Lipinski definition) is 0. The number of hydrogen-bond acceptors (Lipinski definition) is 5. The van der Waals surface area contributed by atoms with Gasteiger partial charge in [-0.3, -0.25) is 4.57 Å². The number of nitrogens with zero attached hydrogens (tertiary/aromatic N) is 3. The summed E-state index contributed by atoms with van der Waals surface area (Å²) in [6.07, 6.45) is 0.761. The maximum atomic E-state index is 5.43. The maximum Gasteiger partial charge on any atom is 0.168 e. The summed E-state index contributed by atoms with van der Waals surface area (Å²) < 4.78 is 18.0. The summed E-state index contributed by atoms with van der Waals surface area (Å²) >= 11 is 0. The maximum absolute atomic E-state index is 5.43. The van der Waals surface area contributed by atoms with Crippen LogP contribution < -0.4 is 14.2 Å². The fraction of sp³-hybridized carbons (Fsp3) is 0.263. The quantitative estimate of drug-likeness (QED) is 0.688. The van der Waals surface area contributed by atoms with Gasteiger partial charge in [-0.15, -0.1) is 10.2 Å². The molecule has 6 nitrogen and oxygen atoms in total. The second-order valence-corrected chi connectivity index (χ2v) is 5.40. The lowest BCUT2D eigenvalue weighted by molar-refractivity contribution is 0.355. The van der Waals surface area contributed by atoms with Crippen molar-refractivity contribution in [3.63, 3.8) is 0 Å². The van der Waals surface area contributed by atoms with E-state index in [2.05, 4.69) is 17.1 Å². The molecule has 0 fully saturated rings. The molecule has 0 spiro atoms. The van der Waals surface area contributed by atoms with Crippen LogP contribution >= 0.6 is 0 Å². The Hall–Kier alpha value is -3.02. The van der Waals surface area contributed by atoms with Crippen LogP contribution in [0.3, 0.4) is 0 Å². The average Bonchev–Trinajstić information content (AvgIpc) is 3.11. The molecule has 0 aliphatic rings. The highest BCUT2D eigenvalue weighted by Gasteiger charge is 2.16. The van der Waals surface area contributed by atoms with E-state index < -0.39 is 0 Å². The fourth-order valence-electron chi connectivity index (χ4n) is 2.71. The van der Waals surface area contributed by atoms with Crippen molar-refractivity contribution in [2.75, 3.05) is 21.3 Å². The highest BCUT2D eigenvalue weighted by molar-refractivity contribution is 5.61. The van der Waals surface area contributed by atoms with E-state index >= 15 is 0 Å². The second kappa shape index (κ2) is 7.25. The van der Waals surface area contributed by atoms with Gasteiger partial charge in [0.25, 0.3) is 0 Å². The molecule has 130 valence electrons. The third kappa shape index (κ3) is 3.15. The van der Waals surface area contributed by atoms with E-state index in [-0.39, 0.29) is 0 Å². The molecule has 2 aromatic carbocycles. The summed E-state index contributed by atoms with van der Waals surface area (Å²) in [4.78, 5) is 0. The number of rotatable bonds is 6. The number of aryl methyl sites for hydroxylation is 1. The summed E-state index contributed by atoms with van der Waals surface area (Å²) in [5.41, 5.74) is 1.88. The van der Waals surface area contributed by atoms with Gasteiger partial charge >= 0.3 is 0 Å². The molecule has 3 aromatic rings. The lowest BCUT2D eigenvalue weighted by atomic mass is 10.2. The van der Waals surface area contributed by atoms with E-state index in [4.69, 9.17) is 14.2 Å². The normalized spacial score (nSPS) is 10.6. The van der Waals surface area contributed by atoms with Crippen LogP contribution in [0.15, 0.2) is 42.5 Å². The molecular formula is C19H21N3O3. The Morgan fingerprint density at radius 3 is 2.16 bits per heavy atom. The molecule has 0 aliphatic heterocycles. The largest absolute Gasteiger partial charge is 0.497 e. The first kappa shape index (κ1) is 16.8. The molecule has 0 saturated carbocycles. The first-order valence-corrected chi connectivity index (χ1v) is 8.03. The molecular weight excluding hydrogens is 318 g/mol. The Bertz CT molecular complexity index is 857. The van der Waals surface area contributed by atoms with Crippen LogP contribution in [0.4, 0.5) is 0 Å². The molecule has 3 rings (SSSR count). The summed E-state index contributed by atoms with van der Waals surface area (Å²) in [6.45, 7) is 2.05. The van der Waals surface area contributed by atoms with E-state index in [1.54, 1.807) is 21.3 Å². The van der Waals surface area contributed by atoms with Crippen LogP contribution in [0.2, 0.25) is 0 Å². The highest BCUT2D eigenvalue weighted by Crippen LogP contribution is 2.32. The van der Waals surface area contributed by atoms with Crippen molar-refractivity contribution in [3.8, 4) is 34.3 Å². The van der Waals surface area contributed by atoms with Gasteiger partial charge in [-0.25, -0.2) is 0 Å². The molecule has 1 aromatic heterocycles. The molecule has 0 radical (unpaired) electrons. The zero-order chi connectivity index (χ0) is 17.8. The molecule has 0 N–H and O–H groups in total. The van der Waals surface area contributed by atoms with Gasteiger partial charge in [-0.1, -0.05) is 6.92 Å². The van der Waals surface area contributed by atoms with E-state index in [1.165, 1.54) is 0 Å². The Labute approximate surface area is 147 Å². The molecule has 0 saturated heterocycles. The Morgan fingerprint density at radius 2 is 1.56 bits per heavy atom. The average molecular weight is 339 g/mol. The molecule has 0 amide bonds. The van der Waals surface area contributed by atoms with Crippen LogP contribution in [0.1, 0.15) is 12.7 Å². The molecule has 0 atom stereocenters. The standard InChI is InChI=1S/C19H21N3O3/c1-5-18-20-21-19(13-6-9-15(23-2)10-7-13)22(18)14-8-11-16(24-3)17(12-14)25-4/h6-12H,5H2,1-4H3. The first-order chi connectivity index (χ1) is 12.2. The van der Waals surface area contributed by atoms with Gasteiger partial charge in [0.1, 0.15) is 11.6 Å². The van der Waals surface area contributed by atoms with Crippen LogP contribution in [-0.4, -0.2) is 36.1 Å². The van der Waals surface area contributed by atoms with Crippen molar-refractivity contribution < 1.29 is 14.2 Å². The van der Waals surface area contributed by atoms with Crippen molar-refractivity contribution in [2.24, 2.45) is 0 Å². The van der Waals surface area contributed by atoms with Gasteiger partial charge in [-0.05, 0) is 36.4 Å². The summed E-state index contributed by atoms with van der Waals surface area (Å²) in [6, 6.07) is 13.5. The molecule has 0 bridgehead atoms. The minimum Gasteiger partial charge on any atom is -0.497 e. The van der Waals surface area contributed by atoms with Crippen LogP contribution in [0, 0.1) is 0 Å². The monoisotopic (exact) mass is 339 g/mol. The smallest absolute Gasteiger partial charge is 0.168 e. The molecule has 1 heterocycles. The van der Waals surface area contributed by atoms with Crippen molar-refractivity contribution in [2.45, 2.75) is 13.3 Å². The zero-order valence-electron chi connectivity index (χ0n) is 14.8. The van der Waals surface area contributed by atoms with Crippen molar-refractivity contribution in [1.82, 2.24) is 14.8 Å². The highest BCUT2D eigenvalue weighted by atomic mass is 16.5. The number of ether oxygens (including phenoxy) is 3.